The summed E-state index contributed by atoms with van der Waals surface area (Å²) < 4.78 is 21.6. The highest BCUT2D eigenvalue weighted by molar-refractivity contribution is 6.34. The van der Waals surface area contributed by atoms with Crippen LogP contribution in [-0.2, 0) is 0 Å². The number of piperidine rings is 1. The molecule has 1 amide bonds. The van der Waals surface area contributed by atoms with Crippen LogP contribution in [0.2, 0.25) is 10.0 Å². The highest BCUT2D eigenvalue weighted by Gasteiger charge is 2.25. The number of nitrogens with zero attached hydrogens (tertiary/aromatic N) is 6. The maximum Gasteiger partial charge on any atom is 0.255 e. The highest BCUT2D eigenvalue weighted by Crippen LogP contribution is 2.36. The van der Waals surface area contributed by atoms with Crippen molar-refractivity contribution in [1.82, 2.24) is 29.5 Å². The number of hydrogen-bond donors (Lipinski definition) is 2. The summed E-state index contributed by atoms with van der Waals surface area (Å²) in [6.07, 6.45) is 6.62. The largest absolute Gasteiger partial charge is 0.476 e. The van der Waals surface area contributed by atoms with Crippen molar-refractivity contribution in [3.63, 3.8) is 0 Å². The van der Waals surface area contributed by atoms with Crippen LogP contribution in [0, 0.1) is 17.1 Å². The molecule has 3 heterocycles. The number of benzene rings is 2. The number of likely N-dealkylation sites (N-methyl/N-ethyl adjacent to an activating group) is 1. The Hall–Kier alpha value is -3.95. The predicted molar refractivity (Wildman–Crippen MR) is 165 cm³/mol. The van der Waals surface area contributed by atoms with Gasteiger partial charge < -0.3 is 25.2 Å². The lowest BCUT2D eigenvalue weighted by atomic mass is 10.0. The molecule has 0 bridgehead atoms. The van der Waals surface area contributed by atoms with Gasteiger partial charge in [-0.3, -0.25) is 9.20 Å². The summed E-state index contributed by atoms with van der Waals surface area (Å²) in [5.41, 5.74) is 2.47. The number of nitriles is 1. The fourth-order valence-corrected chi connectivity index (χ4v) is 5.52. The van der Waals surface area contributed by atoms with E-state index in [1.54, 1.807) is 53.3 Å². The van der Waals surface area contributed by atoms with Gasteiger partial charge in [0.15, 0.2) is 29.6 Å². The van der Waals surface area contributed by atoms with Crippen LogP contribution in [0.1, 0.15) is 23.2 Å². The molecule has 2 N–H and O–H groups in total. The van der Waals surface area contributed by atoms with E-state index in [2.05, 4.69) is 39.6 Å². The fraction of sp³-hybridized carbons (Fsp3) is 0.333. The van der Waals surface area contributed by atoms with Crippen molar-refractivity contribution in [3.05, 3.63) is 70.3 Å². The Morgan fingerprint density at radius 1 is 1.21 bits per heavy atom. The molecule has 5 rings (SSSR count). The average Bonchev–Trinajstić information content (AvgIpc) is 3.43. The molecule has 1 saturated heterocycles. The van der Waals surface area contributed by atoms with E-state index in [-0.39, 0.29) is 23.3 Å². The first-order valence-electron chi connectivity index (χ1n) is 13.8. The molecule has 2 aromatic carbocycles. The Labute approximate surface area is 259 Å². The van der Waals surface area contributed by atoms with E-state index in [0.717, 1.165) is 25.9 Å². The van der Waals surface area contributed by atoms with Gasteiger partial charge in [0.2, 0.25) is 0 Å². The number of halogens is 3. The van der Waals surface area contributed by atoms with Gasteiger partial charge in [-0.05, 0) is 57.3 Å². The highest BCUT2D eigenvalue weighted by atomic mass is 35.5. The number of aromatic nitrogens is 3. The zero-order chi connectivity index (χ0) is 30.5. The van der Waals surface area contributed by atoms with E-state index in [4.69, 9.17) is 33.2 Å². The predicted octanol–water partition coefficient (Wildman–Crippen LogP) is 5.24. The summed E-state index contributed by atoms with van der Waals surface area (Å²) in [6, 6.07) is 10.4. The Morgan fingerprint density at radius 2 is 2.00 bits per heavy atom. The molecular formula is C30H31Cl2FN8O2. The first-order valence-corrected chi connectivity index (χ1v) is 14.6. The number of fused-ring (bicyclic) bond motifs is 1. The minimum atomic E-state index is -0.762. The third-order valence-corrected chi connectivity index (χ3v) is 7.96. The van der Waals surface area contributed by atoms with Crippen LogP contribution >= 0.6 is 23.2 Å². The SMILES string of the molecule is CN(C)CCNC1CCN(C(=O)c2ccc(Nc3nccn4c(-c5ccc(OCC#N)c(F)c5Cl)cnc34)cc2Cl)CC1. The van der Waals surface area contributed by atoms with Crippen molar-refractivity contribution in [3.8, 4) is 23.1 Å². The van der Waals surface area contributed by atoms with Crippen LogP contribution in [0.15, 0.2) is 48.9 Å². The van der Waals surface area contributed by atoms with E-state index in [1.807, 2.05) is 4.90 Å². The number of rotatable bonds is 10. The summed E-state index contributed by atoms with van der Waals surface area (Å²) in [4.78, 5) is 26.1. The summed E-state index contributed by atoms with van der Waals surface area (Å²) in [5, 5.41) is 15.7. The molecule has 0 saturated carbocycles. The van der Waals surface area contributed by atoms with Gasteiger partial charge in [0.05, 0.1) is 27.5 Å². The first kappa shape index (κ1) is 30.5. The minimum absolute atomic E-state index is 0.0884. The van der Waals surface area contributed by atoms with E-state index >= 15 is 0 Å². The molecule has 2 aromatic heterocycles. The monoisotopic (exact) mass is 624 g/mol. The zero-order valence-electron chi connectivity index (χ0n) is 23.8. The van der Waals surface area contributed by atoms with Crippen LogP contribution in [0.3, 0.4) is 0 Å². The number of ether oxygens (including phenoxy) is 1. The van der Waals surface area contributed by atoms with Crippen molar-refractivity contribution in [1.29, 1.82) is 5.26 Å². The average molecular weight is 626 g/mol. The molecule has 1 aliphatic rings. The number of carbonyl (C=O) groups excluding carboxylic acids is 1. The summed E-state index contributed by atoms with van der Waals surface area (Å²) >= 11 is 12.9. The van der Waals surface area contributed by atoms with Gasteiger partial charge >= 0.3 is 0 Å². The molecule has 0 atom stereocenters. The molecule has 13 heteroatoms. The molecule has 4 aromatic rings. The van der Waals surface area contributed by atoms with Crippen molar-refractivity contribution >= 4 is 46.3 Å². The smallest absolute Gasteiger partial charge is 0.255 e. The lowest BCUT2D eigenvalue weighted by Gasteiger charge is -2.33. The van der Waals surface area contributed by atoms with Crippen LogP contribution in [0.5, 0.6) is 5.75 Å². The van der Waals surface area contributed by atoms with Crippen LogP contribution < -0.4 is 15.4 Å². The number of amides is 1. The van der Waals surface area contributed by atoms with Crippen molar-refractivity contribution in [2.45, 2.75) is 18.9 Å². The van der Waals surface area contributed by atoms with Gasteiger partial charge in [0.25, 0.3) is 5.91 Å². The number of imidazole rings is 1. The van der Waals surface area contributed by atoms with Gasteiger partial charge in [0, 0.05) is 55.9 Å². The van der Waals surface area contributed by atoms with Crippen molar-refractivity contribution in [2.24, 2.45) is 0 Å². The minimum Gasteiger partial charge on any atom is -0.476 e. The second-order valence-corrected chi connectivity index (χ2v) is 11.2. The zero-order valence-corrected chi connectivity index (χ0v) is 25.3. The van der Waals surface area contributed by atoms with Crippen LogP contribution in [0.25, 0.3) is 16.9 Å². The summed E-state index contributed by atoms with van der Waals surface area (Å²) in [6.45, 7) is 2.95. The number of anilines is 2. The molecule has 224 valence electrons. The molecule has 10 nitrogen and oxygen atoms in total. The van der Waals surface area contributed by atoms with Gasteiger partial charge in [-0.25, -0.2) is 14.4 Å². The molecule has 0 aliphatic carbocycles. The first-order chi connectivity index (χ1) is 20.8. The lowest BCUT2D eigenvalue weighted by molar-refractivity contribution is 0.0705. The van der Waals surface area contributed by atoms with Gasteiger partial charge in [0.1, 0.15) is 6.07 Å². The van der Waals surface area contributed by atoms with Crippen LogP contribution in [-0.4, -0.2) is 83.0 Å². The summed E-state index contributed by atoms with van der Waals surface area (Å²) in [7, 11) is 4.10. The van der Waals surface area contributed by atoms with E-state index in [0.29, 0.717) is 58.1 Å². The fourth-order valence-electron chi connectivity index (χ4n) is 5.01. The maximum atomic E-state index is 14.8. The van der Waals surface area contributed by atoms with E-state index in [1.165, 1.54) is 6.07 Å². The third kappa shape index (κ3) is 6.84. The number of carbonyl (C=O) groups is 1. The Bertz CT molecular complexity index is 1660. The third-order valence-electron chi connectivity index (χ3n) is 7.28. The normalized spacial score (nSPS) is 13.8. The molecular weight excluding hydrogens is 594 g/mol. The quantitative estimate of drug-likeness (QED) is 0.246. The molecule has 43 heavy (non-hydrogen) atoms. The second kappa shape index (κ2) is 13.6. The summed E-state index contributed by atoms with van der Waals surface area (Å²) in [5.74, 6) is -0.529. The molecule has 0 unspecified atom stereocenters. The Morgan fingerprint density at radius 3 is 2.72 bits per heavy atom. The standard InChI is InChI=1S/C30H31Cl2FN8O2/c1-39(2)14-10-35-19-7-12-40(13-8-19)30(42)21-4-3-20(17-23(21)31)38-28-29-37-18-24(41(29)15-11-36-28)22-5-6-25(43-16-9-34)27(33)26(22)32/h3-6,11,15,17-19,35H,7-8,10,12-14,16H2,1-2H3,(H,36,38). The lowest BCUT2D eigenvalue weighted by Crippen LogP contribution is -2.46. The second-order valence-electron chi connectivity index (χ2n) is 10.4. The Kier molecular flexibility index (Phi) is 9.62. The molecule has 0 spiro atoms. The van der Waals surface area contributed by atoms with Crippen LogP contribution in [0.4, 0.5) is 15.9 Å². The molecule has 0 radical (unpaired) electrons. The van der Waals surface area contributed by atoms with Gasteiger partial charge in [-0.1, -0.05) is 23.2 Å². The molecule has 1 aliphatic heterocycles. The van der Waals surface area contributed by atoms with Crippen molar-refractivity contribution < 1.29 is 13.9 Å². The van der Waals surface area contributed by atoms with E-state index in [9.17, 15) is 9.18 Å². The Balaban J connectivity index is 1.29. The number of likely N-dealkylation sites (tertiary alicyclic amines) is 1. The number of hydrogen-bond acceptors (Lipinski definition) is 8. The van der Waals surface area contributed by atoms with Gasteiger partial charge in [-0.15, -0.1) is 0 Å². The topological polar surface area (TPSA) is 111 Å². The van der Waals surface area contributed by atoms with Gasteiger partial charge in [-0.2, -0.15) is 5.26 Å². The molecule has 1 fully saturated rings. The van der Waals surface area contributed by atoms with E-state index < -0.39 is 5.82 Å². The van der Waals surface area contributed by atoms with Crippen molar-refractivity contribution in [2.75, 3.05) is 52.2 Å². The maximum absolute atomic E-state index is 14.8. The number of nitrogens with one attached hydrogen (secondary N) is 2.